The Balaban J connectivity index is 1.48. The number of carbonyl (C=O) groups is 1. The lowest BCUT2D eigenvalue weighted by atomic mass is 9.79. The normalized spacial score (nSPS) is 25.4. The highest BCUT2D eigenvalue weighted by Crippen LogP contribution is 2.37. The van der Waals surface area contributed by atoms with Gasteiger partial charge in [0, 0.05) is 30.9 Å². The second kappa shape index (κ2) is 11.2. The van der Waals surface area contributed by atoms with Crippen LogP contribution >= 0.6 is 0 Å². The van der Waals surface area contributed by atoms with Crippen LogP contribution in [0, 0.1) is 5.92 Å². The molecule has 1 aromatic heterocycles. The van der Waals surface area contributed by atoms with E-state index in [4.69, 9.17) is 11.5 Å². The van der Waals surface area contributed by atoms with Crippen LogP contribution in [-0.2, 0) is 5.54 Å². The molecule has 0 radical (unpaired) electrons. The van der Waals surface area contributed by atoms with E-state index in [1.165, 1.54) is 0 Å². The highest BCUT2D eigenvalue weighted by Gasteiger charge is 2.38. The van der Waals surface area contributed by atoms with Gasteiger partial charge in [-0.05, 0) is 69.1 Å². The van der Waals surface area contributed by atoms with E-state index < -0.39 is 17.9 Å². The fourth-order valence-corrected chi connectivity index (χ4v) is 5.08. The Morgan fingerprint density at radius 2 is 2.03 bits per heavy atom. The Hall–Kier alpha value is -3.27. The number of rotatable bonds is 9. The smallest absolute Gasteiger partial charge is 0.254 e. The van der Waals surface area contributed by atoms with E-state index in [1.54, 1.807) is 23.0 Å². The van der Waals surface area contributed by atoms with Crippen LogP contribution in [0.3, 0.4) is 0 Å². The molecule has 1 aromatic carbocycles. The summed E-state index contributed by atoms with van der Waals surface area (Å²) in [6.07, 6.45) is 7.86. The topological polar surface area (TPSA) is 132 Å². The van der Waals surface area contributed by atoms with Crippen LogP contribution in [0.25, 0.3) is 0 Å². The van der Waals surface area contributed by atoms with Gasteiger partial charge in [0.1, 0.15) is 11.3 Å². The molecule has 1 heterocycles. The molecule has 1 saturated carbocycles. The quantitative estimate of drug-likeness (QED) is 0.377. The van der Waals surface area contributed by atoms with Crippen LogP contribution in [0.2, 0.25) is 0 Å². The summed E-state index contributed by atoms with van der Waals surface area (Å²) in [6.45, 7) is 0.345. The van der Waals surface area contributed by atoms with Gasteiger partial charge in [-0.2, -0.15) is 5.10 Å². The average molecular weight is 501 g/mol. The molecule has 0 aliphatic heterocycles. The number of primary amides is 1. The molecule has 1 atom stereocenters. The number of aliphatic imine (C=N–C) groups is 1. The molecule has 0 spiro atoms. The molecular weight excluding hydrogens is 466 g/mol. The van der Waals surface area contributed by atoms with Gasteiger partial charge < -0.3 is 21.9 Å². The summed E-state index contributed by atoms with van der Waals surface area (Å²) in [4.78, 5) is 16.8. The van der Waals surface area contributed by atoms with Gasteiger partial charge in [-0.3, -0.25) is 9.48 Å². The maximum absolute atomic E-state index is 12.5. The average Bonchev–Trinajstić information content (AvgIpc) is 3.30. The van der Waals surface area contributed by atoms with E-state index in [-0.39, 0.29) is 35.5 Å². The number of halogens is 2. The number of hydrogen-bond acceptors (Lipinski definition) is 6. The number of phenols is 1. The molecule has 6 N–H and O–H groups in total. The summed E-state index contributed by atoms with van der Waals surface area (Å²) in [5.41, 5.74) is 13.1. The molecule has 36 heavy (non-hydrogen) atoms. The molecule has 2 aliphatic rings. The van der Waals surface area contributed by atoms with Gasteiger partial charge in [-0.25, -0.2) is 13.8 Å². The number of aromatic nitrogens is 2. The molecule has 2 aromatic rings. The third-order valence-corrected chi connectivity index (χ3v) is 7.34. The van der Waals surface area contributed by atoms with Crippen molar-refractivity contribution < 1.29 is 18.7 Å². The van der Waals surface area contributed by atoms with Crippen molar-refractivity contribution in [1.29, 1.82) is 0 Å². The molecule has 1 fully saturated rings. The minimum absolute atomic E-state index is 0.105. The summed E-state index contributed by atoms with van der Waals surface area (Å²) < 4.78 is 26.8. The van der Waals surface area contributed by atoms with Crippen LogP contribution in [0.1, 0.15) is 61.7 Å². The molecule has 0 bridgehead atoms. The molecule has 1 amide bonds. The number of amides is 1. The van der Waals surface area contributed by atoms with E-state index in [0.29, 0.717) is 25.1 Å². The van der Waals surface area contributed by atoms with Crippen LogP contribution in [-0.4, -0.2) is 45.5 Å². The Bertz CT molecular complexity index is 1120. The Kier molecular flexibility index (Phi) is 8.03. The van der Waals surface area contributed by atoms with Gasteiger partial charge in [0.2, 0.25) is 6.43 Å². The van der Waals surface area contributed by atoms with Gasteiger partial charge >= 0.3 is 0 Å². The third-order valence-electron chi connectivity index (χ3n) is 7.34. The predicted molar refractivity (Wildman–Crippen MR) is 136 cm³/mol. The maximum atomic E-state index is 12.5. The molecule has 8 nitrogen and oxygen atoms in total. The largest absolute Gasteiger partial charge is 0.506 e. The molecule has 0 saturated heterocycles. The van der Waals surface area contributed by atoms with E-state index in [1.807, 2.05) is 24.3 Å². The molecular formula is C26H34F2N6O2. The standard InChI is InChI=1S/C26H34F2N6O2/c27-23(28)10-7-17-5-8-18(9-6-17)32-25-20(24(30)36)15-34(33-25)26(16-29)13-11-19(12-14-26)31-21-3-1-2-4-22(21)35/h1-5,8,15,17,19,23,31,35H,6-7,9-14,16,29H2,(H2,30,36). The van der Waals surface area contributed by atoms with Crippen molar-refractivity contribution in [1.82, 2.24) is 9.78 Å². The number of alkyl halides is 2. The van der Waals surface area contributed by atoms with Crippen molar-refractivity contribution in [3.63, 3.8) is 0 Å². The summed E-state index contributed by atoms with van der Waals surface area (Å²) in [7, 11) is 0. The Morgan fingerprint density at radius 3 is 2.64 bits per heavy atom. The van der Waals surface area contributed by atoms with Crippen molar-refractivity contribution in [3.05, 3.63) is 48.2 Å². The van der Waals surface area contributed by atoms with Crippen LogP contribution in [0.15, 0.2) is 47.6 Å². The van der Waals surface area contributed by atoms with Gasteiger partial charge in [0.25, 0.3) is 5.91 Å². The summed E-state index contributed by atoms with van der Waals surface area (Å²) in [5.74, 6) is -0.0341. The molecule has 194 valence electrons. The molecule has 4 rings (SSSR count). The van der Waals surface area contributed by atoms with Gasteiger partial charge in [-0.1, -0.05) is 18.2 Å². The number of anilines is 1. The van der Waals surface area contributed by atoms with Gasteiger partial charge in [0.05, 0.1) is 11.2 Å². The first-order chi connectivity index (χ1) is 17.3. The van der Waals surface area contributed by atoms with Gasteiger partial charge in [0.15, 0.2) is 5.82 Å². The van der Waals surface area contributed by atoms with Crippen LogP contribution in [0.4, 0.5) is 20.3 Å². The van der Waals surface area contributed by atoms with Crippen molar-refractivity contribution in [2.24, 2.45) is 22.4 Å². The lowest BCUT2D eigenvalue weighted by Crippen LogP contribution is -2.46. The summed E-state index contributed by atoms with van der Waals surface area (Å²) in [6, 6.07) is 7.33. The zero-order valence-corrected chi connectivity index (χ0v) is 20.2. The second-order valence-electron chi connectivity index (χ2n) is 9.77. The third kappa shape index (κ3) is 5.92. The summed E-state index contributed by atoms with van der Waals surface area (Å²) in [5, 5.41) is 18.1. The lowest BCUT2D eigenvalue weighted by molar-refractivity contribution is 0.1000. The van der Waals surface area contributed by atoms with E-state index in [9.17, 15) is 18.7 Å². The fourth-order valence-electron chi connectivity index (χ4n) is 5.08. The van der Waals surface area contributed by atoms with Crippen molar-refractivity contribution in [2.45, 2.75) is 69.4 Å². The fraction of sp³-hybridized carbons (Fsp3) is 0.500. The van der Waals surface area contributed by atoms with E-state index in [0.717, 1.165) is 37.8 Å². The van der Waals surface area contributed by atoms with Crippen LogP contribution < -0.4 is 16.8 Å². The zero-order valence-electron chi connectivity index (χ0n) is 20.2. The van der Waals surface area contributed by atoms with Crippen molar-refractivity contribution in [2.75, 3.05) is 11.9 Å². The molecule has 1 unspecified atom stereocenters. The lowest BCUT2D eigenvalue weighted by Gasteiger charge is -2.40. The number of allylic oxidation sites excluding steroid dienone is 2. The molecule has 10 heteroatoms. The first kappa shape index (κ1) is 25.8. The van der Waals surface area contributed by atoms with Crippen LogP contribution in [0.5, 0.6) is 5.75 Å². The Labute approximate surface area is 209 Å². The van der Waals surface area contributed by atoms with Crippen molar-refractivity contribution >= 4 is 23.1 Å². The maximum Gasteiger partial charge on any atom is 0.254 e. The number of nitrogens with zero attached hydrogens (tertiary/aromatic N) is 3. The second-order valence-corrected chi connectivity index (χ2v) is 9.77. The number of carbonyl (C=O) groups excluding carboxylic acids is 1. The highest BCUT2D eigenvalue weighted by molar-refractivity contribution is 6.01. The molecule has 2 aliphatic carbocycles. The monoisotopic (exact) mass is 500 g/mol. The minimum atomic E-state index is -2.29. The Morgan fingerprint density at radius 1 is 1.28 bits per heavy atom. The van der Waals surface area contributed by atoms with E-state index in [2.05, 4.69) is 15.4 Å². The number of nitrogens with two attached hydrogens (primary N) is 2. The number of benzene rings is 1. The SMILES string of the molecule is NCC1(n2cc(C(N)=O)c(N=C3C=CC(CCC(F)F)CC3)n2)CCC(Nc2ccccc2O)CC1. The zero-order chi connectivity index (χ0) is 25.7. The number of nitrogens with one attached hydrogen (secondary N) is 1. The van der Waals surface area contributed by atoms with E-state index >= 15 is 0 Å². The number of hydrogen-bond donors (Lipinski definition) is 4. The number of aromatic hydroxyl groups is 1. The number of phenolic OH excluding ortho intramolecular Hbond substituents is 1. The first-order valence-corrected chi connectivity index (χ1v) is 12.5. The highest BCUT2D eigenvalue weighted by atomic mass is 19.3. The predicted octanol–water partition coefficient (Wildman–Crippen LogP) is 4.48. The van der Waals surface area contributed by atoms with Crippen molar-refractivity contribution in [3.8, 4) is 5.75 Å². The number of para-hydroxylation sites is 2. The minimum Gasteiger partial charge on any atom is -0.506 e. The van der Waals surface area contributed by atoms with Gasteiger partial charge in [-0.15, -0.1) is 0 Å². The summed E-state index contributed by atoms with van der Waals surface area (Å²) >= 11 is 0. The first-order valence-electron chi connectivity index (χ1n) is 12.5.